The lowest BCUT2D eigenvalue weighted by atomic mass is 10.0. The largest absolute Gasteiger partial charge is 0.586 e. The predicted molar refractivity (Wildman–Crippen MR) is 53.4 cm³/mol. The molecule has 1 unspecified atom stereocenters. The average molecular weight is 244 g/mol. The summed E-state index contributed by atoms with van der Waals surface area (Å²) < 4.78 is 33.9. The van der Waals surface area contributed by atoms with Crippen molar-refractivity contribution in [3.63, 3.8) is 0 Å². The van der Waals surface area contributed by atoms with Gasteiger partial charge in [0.2, 0.25) is 5.91 Å². The van der Waals surface area contributed by atoms with Gasteiger partial charge < -0.3 is 20.9 Å². The van der Waals surface area contributed by atoms with Crippen LogP contribution in [0.25, 0.3) is 0 Å². The molecule has 92 valence electrons. The van der Waals surface area contributed by atoms with Crippen LogP contribution < -0.4 is 20.9 Å². The molecule has 7 heteroatoms. The fraction of sp³-hybridized carbons (Fsp3) is 0.300. The smallest absolute Gasteiger partial charge is 0.395 e. The van der Waals surface area contributed by atoms with Crippen molar-refractivity contribution in [1.82, 2.24) is 0 Å². The van der Waals surface area contributed by atoms with Gasteiger partial charge in [0.25, 0.3) is 0 Å². The average Bonchev–Trinajstić information content (AvgIpc) is 2.48. The van der Waals surface area contributed by atoms with Gasteiger partial charge >= 0.3 is 6.29 Å². The number of amides is 1. The molecule has 0 aliphatic carbocycles. The molecule has 0 spiro atoms. The highest BCUT2D eigenvalue weighted by molar-refractivity contribution is 5.74. The summed E-state index contributed by atoms with van der Waals surface area (Å²) in [6.07, 6.45) is -3.73. The van der Waals surface area contributed by atoms with Crippen molar-refractivity contribution in [2.45, 2.75) is 18.8 Å². The molecule has 0 aromatic heterocycles. The van der Waals surface area contributed by atoms with Gasteiger partial charge in [-0.3, -0.25) is 4.79 Å². The van der Waals surface area contributed by atoms with Gasteiger partial charge in [0.05, 0.1) is 0 Å². The molecule has 4 N–H and O–H groups in total. The lowest BCUT2D eigenvalue weighted by Crippen LogP contribution is -2.26. The van der Waals surface area contributed by atoms with Crippen LogP contribution in [0.5, 0.6) is 11.5 Å². The molecule has 5 nitrogen and oxygen atoms in total. The highest BCUT2D eigenvalue weighted by atomic mass is 19.3. The van der Waals surface area contributed by atoms with Crippen molar-refractivity contribution in [2.75, 3.05) is 0 Å². The Hall–Kier alpha value is -1.89. The van der Waals surface area contributed by atoms with E-state index in [9.17, 15) is 13.6 Å². The van der Waals surface area contributed by atoms with Gasteiger partial charge in [0.1, 0.15) is 0 Å². The van der Waals surface area contributed by atoms with Gasteiger partial charge in [-0.1, -0.05) is 6.07 Å². The number of rotatable bonds is 3. The Morgan fingerprint density at radius 3 is 2.65 bits per heavy atom. The summed E-state index contributed by atoms with van der Waals surface area (Å²) in [5.74, 6) is -0.738. The number of hydrogen-bond donors (Lipinski definition) is 2. The Balaban J connectivity index is 2.21. The first-order chi connectivity index (χ1) is 7.87. The number of primary amides is 1. The third-order valence-electron chi connectivity index (χ3n) is 2.27. The Bertz CT molecular complexity index is 465. The summed E-state index contributed by atoms with van der Waals surface area (Å²) in [5.41, 5.74) is 11.1. The summed E-state index contributed by atoms with van der Waals surface area (Å²) in [6, 6.07) is 3.45. The highest BCUT2D eigenvalue weighted by Gasteiger charge is 2.43. The number of alkyl halides is 2. The second-order valence-corrected chi connectivity index (χ2v) is 3.65. The van der Waals surface area contributed by atoms with Crippen molar-refractivity contribution in [3.05, 3.63) is 23.8 Å². The Labute approximate surface area is 95.3 Å². The molecule has 0 saturated carbocycles. The molecule has 1 heterocycles. The van der Waals surface area contributed by atoms with Crippen LogP contribution in [0.3, 0.4) is 0 Å². The van der Waals surface area contributed by atoms with Crippen molar-refractivity contribution in [3.8, 4) is 11.5 Å². The molecule has 0 saturated heterocycles. The summed E-state index contributed by atoms with van der Waals surface area (Å²) in [7, 11) is 0. The maximum Gasteiger partial charge on any atom is 0.586 e. The van der Waals surface area contributed by atoms with Gasteiger partial charge in [0.15, 0.2) is 11.5 Å². The summed E-state index contributed by atoms with van der Waals surface area (Å²) >= 11 is 0. The molecular weight excluding hydrogens is 234 g/mol. The third-order valence-corrected chi connectivity index (χ3v) is 2.27. The number of benzene rings is 1. The van der Waals surface area contributed by atoms with E-state index in [0.29, 0.717) is 5.56 Å². The number of nitrogens with two attached hydrogens (primary N) is 2. The van der Waals surface area contributed by atoms with E-state index >= 15 is 0 Å². The number of halogens is 2. The molecule has 0 fully saturated rings. The van der Waals surface area contributed by atoms with Crippen molar-refractivity contribution in [2.24, 2.45) is 11.5 Å². The zero-order valence-electron chi connectivity index (χ0n) is 8.65. The summed E-state index contributed by atoms with van der Waals surface area (Å²) in [5, 5.41) is 0. The van der Waals surface area contributed by atoms with E-state index in [1.165, 1.54) is 18.2 Å². The second kappa shape index (κ2) is 3.85. The standard InChI is InChI=1S/C10H10F2N2O3/c11-10(12)16-7-2-1-5(3-8(7)17-10)6(13)4-9(14)15/h1-3,6H,4,13H2,(H2,14,15). The minimum absolute atomic E-state index is 0.0648. The summed E-state index contributed by atoms with van der Waals surface area (Å²) in [6.45, 7) is 0. The topological polar surface area (TPSA) is 87.6 Å². The van der Waals surface area contributed by atoms with E-state index in [0.717, 1.165) is 0 Å². The normalized spacial score (nSPS) is 17.8. The zero-order valence-corrected chi connectivity index (χ0v) is 8.65. The van der Waals surface area contributed by atoms with E-state index in [1.807, 2.05) is 0 Å². The van der Waals surface area contributed by atoms with E-state index in [4.69, 9.17) is 11.5 Å². The lowest BCUT2D eigenvalue weighted by Gasteiger charge is -2.09. The summed E-state index contributed by atoms with van der Waals surface area (Å²) in [4.78, 5) is 10.7. The molecule has 0 bridgehead atoms. The monoisotopic (exact) mass is 244 g/mol. The van der Waals surface area contributed by atoms with Gasteiger partial charge in [-0.25, -0.2) is 0 Å². The van der Waals surface area contributed by atoms with Gasteiger partial charge in [-0.15, -0.1) is 8.78 Å². The van der Waals surface area contributed by atoms with Crippen LogP contribution in [0.1, 0.15) is 18.0 Å². The fourth-order valence-corrected chi connectivity index (χ4v) is 1.53. The highest BCUT2D eigenvalue weighted by Crippen LogP contribution is 2.41. The first-order valence-corrected chi connectivity index (χ1v) is 4.81. The second-order valence-electron chi connectivity index (χ2n) is 3.65. The van der Waals surface area contributed by atoms with Crippen LogP contribution in [0.15, 0.2) is 18.2 Å². The Morgan fingerprint density at radius 1 is 1.35 bits per heavy atom. The zero-order chi connectivity index (χ0) is 12.6. The molecule has 1 aliphatic rings. The first-order valence-electron chi connectivity index (χ1n) is 4.81. The van der Waals surface area contributed by atoms with Crippen LogP contribution in [0.2, 0.25) is 0 Å². The first kappa shape index (κ1) is 11.6. The maximum atomic E-state index is 12.7. The predicted octanol–water partition coefficient (Wildman–Crippen LogP) is 0.883. The van der Waals surface area contributed by atoms with E-state index in [1.54, 1.807) is 0 Å². The van der Waals surface area contributed by atoms with Crippen molar-refractivity contribution in [1.29, 1.82) is 0 Å². The molecular formula is C10H10F2N2O3. The van der Waals surface area contributed by atoms with Crippen molar-refractivity contribution < 1.29 is 23.0 Å². The molecule has 1 amide bonds. The van der Waals surface area contributed by atoms with Crippen LogP contribution >= 0.6 is 0 Å². The minimum atomic E-state index is -3.66. The minimum Gasteiger partial charge on any atom is -0.395 e. The Morgan fingerprint density at radius 2 is 2.00 bits per heavy atom. The quantitative estimate of drug-likeness (QED) is 0.826. The van der Waals surface area contributed by atoms with E-state index < -0.39 is 18.2 Å². The van der Waals surface area contributed by atoms with Crippen LogP contribution in [-0.4, -0.2) is 12.2 Å². The molecule has 1 atom stereocenters. The lowest BCUT2D eigenvalue weighted by molar-refractivity contribution is -0.286. The SMILES string of the molecule is NC(=O)CC(N)c1ccc2c(c1)OC(F)(F)O2. The van der Waals surface area contributed by atoms with Crippen LogP contribution in [0.4, 0.5) is 8.78 Å². The number of carbonyl (C=O) groups is 1. The molecule has 17 heavy (non-hydrogen) atoms. The molecule has 1 aliphatic heterocycles. The van der Waals surface area contributed by atoms with Gasteiger partial charge in [-0.2, -0.15) is 0 Å². The number of hydrogen-bond acceptors (Lipinski definition) is 4. The van der Waals surface area contributed by atoms with Crippen LogP contribution in [-0.2, 0) is 4.79 Å². The molecule has 1 aromatic rings. The Kier molecular flexibility index (Phi) is 2.62. The molecule has 2 rings (SSSR count). The third kappa shape index (κ3) is 2.44. The van der Waals surface area contributed by atoms with Gasteiger partial charge in [-0.05, 0) is 17.7 Å². The maximum absolute atomic E-state index is 12.7. The number of fused-ring (bicyclic) bond motifs is 1. The number of carbonyl (C=O) groups excluding carboxylic acids is 1. The van der Waals surface area contributed by atoms with E-state index in [2.05, 4.69) is 9.47 Å². The molecule has 1 aromatic carbocycles. The fourth-order valence-electron chi connectivity index (χ4n) is 1.53. The van der Waals surface area contributed by atoms with E-state index in [-0.39, 0.29) is 17.9 Å². The molecule has 0 radical (unpaired) electrons. The number of ether oxygens (including phenoxy) is 2. The van der Waals surface area contributed by atoms with Crippen LogP contribution in [0, 0.1) is 0 Å². The van der Waals surface area contributed by atoms with Gasteiger partial charge in [0, 0.05) is 12.5 Å². The van der Waals surface area contributed by atoms with Crippen molar-refractivity contribution >= 4 is 5.91 Å².